The molecule has 1 fully saturated rings. The Morgan fingerprint density at radius 1 is 1.17 bits per heavy atom. The number of nitrogens with zero attached hydrogens (tertiary/aromatic N) is 9. The molecular formula is C26H28N10. The fourth-order valence-electron chi connectivity index (χ4n) is 4.60. The number of nitrogens with one attached hydrogen (secondary N) is 1. The Morgan fingerprint density at radius 3 is 2.83 bits per heavy atom. The molecule has 10 nitrogen and oxygen atoms in total. The number of aryl methyl sites for hydroxylation is 1. The minimum atomic E-state index is 0.107. The van der Waals surface area contributed by atoms with Crippen LogP contribution in [-0.4, -0.2) is 61.3 Å². The molecular weight excluding hydrogens is 452 g/mol. The fraction of sp³-hybridized carbons (Fsp3) is 0.308. The fourth-order valence-corrected chi connectivity index (χ4v) is 4.60. The lowest BCUT2D eigenvalue weighted by Crippen LogP contribution is -2.58. The van der Waals surface area contributed by atoms with Gasteiger partial charge in [-0.05, 0) is 30.2 Å². The number of anilines is 2. The number of rotatable bonds is 4. The molecule has 1 atom stereocenters. The summed E-state index contributed by atoms with van der Waals surface area (Å²) < 4.78 is 1.76. The predicted octanol–water partition coefficient (Wildman–Crippen LogP) is 3.52. The molecule has 1 N–H and O–H groups in total. The zero-order chi connectivity index (χ0) is 25.1. The number of guanidine groups is 1. The highest BCUT2D eigenvalue weighted by atomic mass is 15.4. The molecule has 1 unspecified atom stereocenters. The van der Waals surface area contributed by atoms with Crippen LogP contribution in [0.2, 0.25) is 0 Å². The molecule has 0 bridgehead atoms. The van der Waals surface area contributed by atoms with E-state index >= 15 is 0 Å². The average Bonchev–Trinajstić information content (AvgIpc) is 3.34. The van der Waals surface area contributed by atoms with Crippen LogP contribution in [-0.2, 0) is 7.05 Å². The lowest BCUT2D eigenvalue weighted by molar-refractivity contribution is 0.224. The first-order valence-electron chi connectivity index (χ1n) is 11.9. The Labute approximate surface area is 209 Å². The highest BCUT2D eigenvalue weighted by Crippen LogP contribution is 2.26. The summed E-state index contributed by atoms with van der Waals surface area (Å²) in [4.78, 5) is 22.4. The predicted molar refractivity (Wildman–Crippen MR) is 140 cm³/mol. The normalized spacial score (nSPS) is 16.4. The monoisotopic (exact) mass is 480 g/mol. The van der Waals surface area contributed by atoms with E-state index < -0.39 is 0 Å². The van der Waals surface area contributed by atoms with Gasteiger partial charge >= 0.3 is 0 Å². The Bertz CT molecular complexity index is 1430. The van der Waals surface area contributed by atoms with E-state index in [4.69, 9.17) is 4.98 Å². The van der Waals surface area contributed by atoms with Gasteiger partial charge in [0, 0.05) is 50.0 Å². The second-order valence-corrected chi connectivity index (χ2v) is 9.15. The van der Waals surface area contributed by atoms with E-state index in [1.165, 1.54) is 0 Å². The molecule has 36 heavy (non-hydrogen) atoms. The molecule has 10 heteroatoms. The number of benzene rings is 1. The Hall–Kier alpha value is -4.52. The molecule has 3 aromatic heterocycles. The number of fused-ring (bicyclic) bond motifs is 1. The number of hydrogen-bond acceptors (Lipinski definition) is 7. The average molecular weight is 481 g/mol. The number of nitriles is 1. The van der Waals surface area contributed by atoms with Gasteiger partial charge in [-0.25, -0.2) is 4.98 Å². The van der Waals surface area contributed by atoms with Crippen molar-refractivity contribution in [3.63, 3.8) is 0 Å². The van der Waals surface area contributed by atoms with Gasteiger partial charge in [-0.2, -0.15) is 10.4 Å². The first-order chi connectivity index (χ1) is 17.5. The maximum atomic E-state index is 9.50. The second-order valence-electron chi connectivity index (χ2n) is 9.15. The van der Waals surface area contributed by atoms with Gasteiger partial charge < -0.3 is 15.1 Å². The van der Waals surface area contributed by atoms with Gasteiger partial charge in [-0.1, -0.05) is 19.9 Å². The molecule has 5 rings (SSSR count). The molecule has 182 valence electrons. The number of hydrogen-bond donors (Lipinski definition) is 1. The summed E-state index contributed by atoms with van der Waals surface area (Å²) in [6.07, 6.45) is 11.1. The largest absolute Gasteiger partial charge is 0.351 e. The third kappa shape index (κ3) is 4.68. The van der Waals surface area contributed by atoms with Crippen LogP contribution in [0.25, 0.3) is 22.2 Å². The van der Waals surface area contributed by atoms with Gasteiger partial charge in [0.05, 0.1) is 41.5 Å². The van der Waals surface area contributed by atoms with Crippen molar-refractivity contribution in [1.29, 1.82) is 5.26 Å². The minimum absolute atomic E-state index is 0.107. The summed E-state index contributed by atoms with van der Waals surface area (Å²) in [6, 6.07) is 9.93. The summed E-state index contributed by atoms with van der Waals surface area (Å²) in [6.45, 7) is 6.50. The van der Waals surface area contributed by atoms with E-state index in [9.17, 15) is 5.26 Å². The van der Waals surface area contributed by atoms with Crippen molar-refractivity contribution in [2.24, 2.45) is 18.0 Å². The number of piperazine rings is 1. The van der Waals surface area contributed by atoms with Crippen molar-refractivity contribution in [2.75, 3.05) is 29.9 Å². The summed E-state index contributed by atoms with van der Waals surface area (Å²) in [5.41, 5.74) is 3.48. The summed E-state index contributed by atoms with van der Waals surface area (Å²) in [5, 5.41) is 18.2. The Kier molecular flexibility index (Phi) is 6.45. The molecule has 1 aliphatic rings. The standard InChI is InChI=1S/C26H28N10/c1-18(2)24-16-35(25-14-28-13-23(32-25)19-12-31-34(3)15-19)10-11-36(24)26(30-17-27)33-22-8-4-7-21-20(22)6-5-9-29-21/h4-9,12-15,18,24H,10-11,16H2,1-3H3,(H,30,33). The van der Waals surface area contributed by atoms with E-state index in [1.807, 2.05) is 49.8 Å². The van der Waals surface area contributed by atoms with Gasteiger partial charge in [0.15, 0.2) is 0 Å². The lowest BCUT2D eigenvalue weighted by atomic mass is 9.99. The maximum Gasteiger partial charge on any atom is 0.214 e. The smallest absolute Gasteiger partial charge is 0.214 e. The Morgan fingerprint density at radius 2 is 2.06 bits per heavy atom. The number of pyridine rings is 1. The van der Waals surface area contributed by atoms with Crippen molar-refractivity contribution in [1.82, 2.24) is 29.6 Å². The van der Waals surface area contributed by atoms with Crippen molar-refractivity contribution in [3.05, 3.63) is 61.3 Å². The van der Waals surface area contributed by atoms with E-state index in [-0.39, 0.29) is 6.04 Å². The van der Waals surface area contributed by atoms with Crippen LogP contribution in [0.1, 0.15) is 13.8 Å². The second kappa shape index (κ2) is 10.00. The van der Waals surface area contributed by atoms with Crippen molar-refractivity contribution in [2.45, 2.75) is 19.9 Å². The SMILES string of the molecule is CC(C)C1CN(c2cncc(-c3cnn(C)c3)n2)CCN1/C(=N\C#N)Nc1cccc2ncccc12. The van der Waals surface area contributed by atoms with E-state index in [0.717, 1.165) is 46.8 Å². The Balaban J connectivity index is 1.40. The van der Waals surface area contributed by atoms with Crippen LogP contribution >= 0.6 is 0 Å². The molecule has 0 amide bonds. The van der Waals surface area contributed by atoms with Crippen LogP contribution in [0.3, 0.4) is 0 Å². The zero-order valence-electron chi connectivity index (χ0n) is 20.6. The number of aliphatic imine (C=N–C) groups is 1. The molecule has 4 heterocycles. The summed E-state index contributed by atoms with van der Waals surface area (Å²) in [5.74, 6) is 1.68. The van der Waals surface area contributed by atoms with Crippen LogP contribution in [0.5, 0.6) is 0 Å². The molecule has 0 saturated carbocycles. The van der Waals surface area contributed by atoms with Gasteiger partial charge in [0.2, 0.25) is 12.2 Å². The minimum Gasteiger partial charge on any atom is -0.351 e. The lowest BCUT2D eigenvalue weighted by Gasteiger charge is -2.45. The van der Waals surface area contributed by atoms with E-state index in [1.54, 1.807) is 29.5 Å². The topological polar surface area (TPSA) is 111 Å². The molecule has 1 aliphatic heterocycles. The first kappa shape index (κ1) is 23.2. The van der Waals surface area contributed by atoms with Crippen LogP contribution in [0, 0.1) is 17.4 Å². The van der Waals surface area contributed by atoms with E-state index in [2.05, 4.69) is 49.0 Å². The quantitative estimate of drug-likeness (QED) is 0.268. The third-order valence-corrected chi connectivity index (χ3v) is 6.45. The maximum absolute atomic E-state index is 9.50. The van der Waals surface area contributed by atoms with E-state index in [0.29, 0.717) is 18.4 Å². The number of aromatic nitrogens is 5. The van der Waals surface area contributed by atoms with Crippen molar-refractivity contribution in [3.8, 4) is 17.5 Å². The molecule has 1 saturated heterocycles. The zero-order valence-corrected chi connectivity index (χ0v) is 20.6. The van der Waals surface area contributed by atoms with Crippen LogP contribution in [0.15, 0.2) is 66.3 Å². The van der Waals surface area contributed by atoms with Gasteiger partial charge in [0.1, 0.15) is 5.82 Å². The van der Waals surface area contributed by atoms with Gasteiger partial charge in [-0.15, -0.1) is 4.99 Å². The highest BCUT2D eigenvalue weighted by Gasteiger charge is 2.32. The molecule has 4 aromatic rings. The summed E-state index contributed by atoms with van der Waals surface area (Å²) >= 11 is 0. The first-order valence-corrected chi connectivity index (χ1v) is 11.9. The van der Waals surface area contributed by atoms with Crippen LogP contribution in [0.4, 0.5) is 11.5 Å². The molecule has 0 aliphatic carbocycles. The third-order valence-electron chi connectivity index (χ3n) is 6.45. The van der Waals surface area contributed by atoms with Crippen molar-refractivity contribution < 1.29 is 0 Å². The van der Waals surface area contributed by atoms with Crippen molar-refractivity contribution >= 4 is 28.4 Å². The molecule has 0 radical (unpaired) electrons. The van der Waals surface area contributed by atoms with Gasteiger partial charge in [-0.3, -0.25) is 14.6 Å². The molecule has 1 aromatic carbocycles. The van der Waals surface area contributed by atoms with Gasteiger partial charge in [0.25, 0.3) is 0 Å². The molecule has 0 spiro atoms. The highest BCUT2D eigenvalue weighted by molar-refractivity contribution is 6.02. The van der Waals surface area contributed by atoms with Crippen LogP contribution < -0.4 is 10.2 Å². The summed E-state index contributed by atoms with van der Waals surface area (Å²) in [7, 11) is 1.89.